The molecule has 77 heavy (non-hydrogen) atoms. The highest BCUT2D eigenvalue weighted by Crippen LogP contribution is 2.60. The molecule has 0 unspecified atom stereocenters. The fourth-order valence-electron chi connectivity index (χ4n) is 14.0. The van der Waals surface area contributed by atoms with Crippen molar-refractivity contribution in [3.63, 3.8) is 0 Å². The predicted octanol–water partition coefficient (Wildman–Crippen LogP) is 19.5. The zero-order valence-corrected chi connectivity index (χ0v) is 44.9. The maximum Gasteiger partial charge on any atom is 0.495 e. The van der Waals surface area contributed by atoms with Crippen molar-refractivity contribution < 1.29 is 9.31 Å². The summed E-state index contributed by atoms with van der Waals surface area (Å²) in [7, 11) is -0.344. The monoisotopic (exact) mass is 988 g/mol. The third kappa shape index (κ3) is 6.45. The summed E-state index contributed by atoms with van der Waals surface area (Å²) in [5, 5.41) is 10.6. The molecule has 0 N–H and O–H groups in total. The topological polar surface area (TPSA) is 18.5 Å². The van der Waals surface area contributed by atoms with E-state index in [2.05, 4.69) is 256 Å². The van der Waals surface area contributed by atoms with Gasteiger partial charge >= 0.3 is 7.12 Å². The van der Waals surface area contributed by atoms with Crippen LogP contribution in [0.1, 0.15) is 49.9 Å². The van der Waals surface area contributed by atoms with Gasteiger partial charge in [0.1, 0.15) is 0 Å². The average molecular weight is 989 g/mol. The number of hydrogen-bond acceptors (Lipinski definition) is 2. The Balaban J connectivity index is 0.000000162. The van der Waals surface area contributed by atoms with Gasteiger partial charge in [-0.3, -0.25) is 0 Å². The Morgan fingerprint density at radius 2 is 0.701 bits per heavy atom. The van der Waals surface area contributed by atoms with Crippen LogP contribution < -0.4 is 5.46 Å². The second kappa shape index (κ2) is 16.6. The normalized spacial score (nSPS) is 14.6. The van der Waals surface area contributed by atoms with E-state index in [1.807, 2.05) is 0 Å². The lowest BCUT2D eigenvalue weighted by Crippen LogP contribution is -2.41. The van der Waals surface area contributed by atoms with E-state index in [1.54, 1.807) is 0 Å². The molecule has 0 aromatic heterocycles. The van der Waals surface area contributed by atoms with Crippen molar-refractivity contribution in [1.29, 1.82) is 0 Å². The Morgan fingerprint density at radius 1 is 0.273 bits per heavy atom. The van der Waals surface area contributed by atoms with Gasteiger partial charge in [0.2, 0.25) is 0 Å². The molecule has 1 aliphatic heterocycles. The van der Waals surface area contributed by atoms with Crippen molar-refractivity contribution in [2.45, 2.75) is 66.6 Å². The predicted molar refractivity (Wildman–Crippen MR) is 327 cm³/mol. The fourth-order valence-corrected chi connectivity index (χ4v) is 14.0. The van der Waals surface area contributed by atoms with Crippen LogP contribution in [-0.4, -0.2) is 18.3 Å². The summed E-state index contributed by atoms with van der Waals surface area (Å²) in [5.41, 5.74) is 29.6. The van der Waals surface area contributed by atoms with Crippen LogP contribution in [0, 0.1) is 27.7 Å². The Morgan fingerprint density at radius 3 is 1.26 bits per heavy atom. The van der Waals surface area contributed by atoms with Gasteiger partial charge in [0.05, 0.1) is 11.2 Å². The van der Waals surface area contributed by atoms with E-state index in [0.29, 0.717) is 0 Å². The van der Waals surface area contributed by atoms with E-state index < -0.39 is 0 Å². The molecular weight excluding hydrogens is 932 g/mol. The van der Waals surface area contributed by atoms with E-state index in [4.69, 9.17) is 9.31 Å². The first-order chi connectivity index (χ1) is 37.4. The first kappa shape index (κ1) is 46.0. The van der Waals surface area contributed by atoms with E-state index in [1.165, 1.54) is 171 Å². The van der Waals surface area contributed by atoms with Crippen LogP contribution in [0.3, 0.4) is 0 Å². The van der Waals surface area contributed by atoms with Gasteiger partial charge in [-0.25, -0.2) is 0 Å². The van der Waals surface area contributed by atoms with Crippen LogP contribution in [0.4, 0.5) is 0 Å². The fraction of sp³-hybridized carbons (Fsp3) is 0.135. The Hall–Kier alpha value is -8.34. The van der Waals surface area contributed by atoms with E-state index in [-0.39, 0.29) is 18.3 Å². The minimum absolute atomic E-state index is 0.341. The zero-order chi connectivity index (χ0) is 52.2. The average Bonchev–Trinajstić information content (AvgIpc) is 4.25. The van der Waals surface area contributed by atoms with Crippen molar-refractivity contribution in [3.8, 4) is 100 Å². The third-order valence-corrected chi connectivity index (χ3v) is 18.1. The highest BCUT2D eigenvalue weighted by Gasteiger charge is 2.52. The lowest BCUT2D eigenvalue weighted by atomic mass is 9.72. The summed E-state index contributed by atoms with van der Waals surface area (Å²) in [6.45, 7) is 17.4. The SMILES string of the molecule is Cc1cc2c3c(c(C)ccc3c1-c1ccc3c4c(cccc14)-c1c-3c(-c3ccccc3)c3ccccc3c1-c1ccccc1)-c1ccccc1-2.Cc1cc2c3c(c(C)ccc3c1B1OC(C)(C)C(C)(C)O1)-c1ccccc1-2. The van der Waals surface area contributed by atoms with Gasteiger partial charge in [0.25, 0.3) is 0 Å². The lowest BCUT2D eigenvalue weighted by Gasteiger charge is -2.32. The lowest BCUT2D eigenvalue weighted by molar-refractivity contribution is 0.00578. The smallest absolute Gasteiger partial charge is 0.399 e. The van der Waals surface area contributed by atoms with Gasteiger partial charge in [-0.2, -0.15) is 0 Å². The second-order valence-electron chi connectivity index (χ2n) is 23.0. The molecule has 0 bridgehead atoms. The van der Waals surface area contributed by atoms with Crippen LogP contribution in [0.5, 0.6) is 0 Å². The van der Waals surface area contributed by atoms with Crippen LogP contribution >= 0.6 is 0 Å². The molecule has 368 valence electrons. The zero-order valence-electron chi connectivity index (χ0n) is 44.9. The van der Waals surface area contributed by atoms with Gasteiger partial charge in [-0.1, -0.05) is 206 Å². The maximum atomic E-state index is 6.42. The molecule has 1 fully saturated rings. The maximum absolute atomic E-state index is 6.42. The molecule has 16 rings (SSSR count). The second-order valence-corrected chi connectivity index (χ2v) is 23.0. The number of aryl methyl sites for hydroxylation is 4. The molecule has 2 nitrogen and oxygen atoms in total. The molecule has 3 heteroatoms. The molecule has 0 atom stereocenters. The van der Waals surface area contributed by atoms with Crippen LogP contribution in [0.25, 0.3) is 143 Å². The summed E-state index contributed by atoms with van der Waals surface area (Å²) in [6, 6.07) is 74.4. The van der Waals surface area contributed by atoms with Crippen molar-refractivity contribution in [3.05, 3.63) is 222 Å². The Labute approximate surface area is 451 Å². The molecule has 1 saturated heterocycles. The molecule has 3 aliphatic carbocycles. The van der Waals surface area contributed by atoms with Gasteiger partial charge in [-0.15, -0.1) is 0 Å². The summed E-state index contributed by atoms with van der Waals surface area (Å²) >= 11 is 0. The van der Waals surface area contributed by atoms with Crippen molar-refractivity contribution in [2.75, 3.05) is 0 Å². The number of hydrogen-bond donors (Lipinski definition) is 0. The van der Waals surface area contributed by atoms with Gasteiger partial charge in [0, 0.05) is 0 Å². The van der Waals surface area contributed by atoms with Crippen LogP contribution in [0.15, 0.2) is 200 Å². The van der Waals surface area contributed by atoms with E-state index >= 15 is 0 Å². The molecule has 0 saturated carbocycles. The molecule has 4 aliphatic rings. The Bertz CT molecular complexity index is 4430. The summed E-state index contributed by atoms with van der Waals surface area (Å²) < 4.78 is 12.8. The first-order valence-corrected chi connectivity index (χ1v) is 27.4. The van der Waals surface area contributed by atoms with E-state index in [0.717, 1.165) is 0 Å². The van der Waals surface area contributed by atoms with Crippen LogP contribution in [0.2, 0.25) is 0 Å². The van der Waals surface area contributed by atoms with Gasteiger partial charge < -0.3 is 9.31 Å². The highest BCUT2D eigenvalue weighted by atomic mass is 16.7. The standard InChI is InChI=1S/C50H32.C24H25BO2/c1-29-24-25-40-43(30(2)28-42-33-18-9-10-19-34(33)44(29)48(40)42)38-26-27-41-47-37(38)22-13-23-39(47)49-45(31-14-5-3-6-15-31)35-20-11-12-21-36(35)46(50(41)49)32-16-7-4-8-17-32;1-14-11-12-18-21-19(16-9-7-8-10-17(16)20(14)21)13-15(2)22(18)25-26-23(3,4)24(5,6)27-25/h3-28H,1-2H3;7-13H,1-6H3. The van der Waals surface area contributed by atoms with Crippen LogP contribution in [-0.2, 0) is 9.31 Å². The minimum Gasteiger partial charge on any atom is -0.399 e. The summed E-state index contributed by atoms with van der Waals surface area (Å²) in [4.78, 5) is 0. The van der Waals surface area contributed by atoms with Gasteiger partial charge in [0.15, 0.2) is 0 Å². The summed E-state index contributed by atoms with van der Waals surface area (Å²) in [5.74, 6) is 0. The first-order valence-electron chi connectivity index (χ1n) is 27.4. The quantitative estimate of drug-likeness (QED) is 0.164. The molecule has 1 heterocycles. The molecule has 12 aromatic rings. The molecule has 0 amide bonds. The van der Waals surface area contributed by atoms with E-state index in [9.17, 15) is 0 Å². The Kier molecular flexibility index (Phi) is 9.91. The van der Waals surface area contributed by atoms with Crippen molar-refractivity contribution in [1.82, 2.24) is 0 Å². The minimum atomic E-state index is -0.344. The highest BCUT2D eigenvalue weighted by molar-refractivity contribution is 6.66. The number of benzene rings is 12. The largest absolute Gasteiger partial charge is 0.495 e. The molecule has 0 radical (unpaired) electrons. The van der Waals surface area contributed by atoms with Crippen molar-refractivity contribution in [2.24, 2.45) is 0 Å². The molecular formula is C74H57BO2. The number of fused-ring (bicyclic) bond motifs is 10. The molecule has 12 aromatic carbocycles. The number of rotatable bonds is 4. The third-order valence-electron chi connectivity index (χ3n) is 18.1. The van der Waals surface area contributed by atoms with Gasteiger partial charge in [-0.05, 0) is 221 Å². The molecule has 0 spiro atoms. The van der Waals surface area contributed by atoms with Crippen molar-refractivity contribution >= 4 is 55.7 Å². The summed E-state index contributed by atoms with van der Waals surface area (Å²) in [6.07, 6.45) is 0.